The van der Waals surface area contributed by atoms with E-state index in [1.54, 1.807) is 7.11 Å². The average Bonchev–Trinajstić information content (AvgIpc) is 2.48. The largest absolute Gasteiger partial charge is 0.384 e. The lowest BCUT2D eigenvalue weighted by molar-refractivity contribution is -0.133. The second kappa shape index (κ2) is 9.03. The number of methoxy groups -OCH3 is 1. The Morgan fingerprint density at radius 2 is 2.14 bits per heavy atom. The SMILES string of the molecule is COCC1CCCN(C(=O)CC(N)c2ccccc2)C1.Cl. The molecule has 0 radical (unpaired) electrons. The number of piperidine rings is 1. The molecule has 1 aliphatic heterocycles. The Morgan fingerprint density at radius 1 is 1.43 bits per heavy atom. The van der Waals surface area contributed by atoms with E-state index in [1.807, 2.05) is 35.2 Å². The van der Waals surface area contributed by atoms with Crippen LogP contribution in [0.15, 0.2) is 30.3 Å². The summed E-state index contributed by atoms with van der Waals surface area (Å²) in [5.41, 5.74) is 7.14. The summed E-state index contributed by atoms with van der Waals surface area (Å²) in [7, 11) is 1.71. The molecule has 2 atom stereocenters. The molecule has 1 heterocycles. The monoisotopic (exact) mass is 312 g/mol. The number of carbonyl (C=O) groups excluding carboxylic acids is 1. The van der Waals surface area contributed by atoms with Crippen molar-refractivity contribution in [2.24, 2.45) is 11.7 Å². The van der Waals surface area contributed by atoms with Gasteiger partial charge >= 0.3 is 0 Å². The number of carbonyl (C=O) groups is 1. The summed E-state index contributed by atoms with van der Waals surface area (Å²) >= 11 is 0. The molecule has 2 N–H and O–H groups in total. The van der Waals surface area contributed by atoms with E-state index >= 15 is 0 Å². The maximum atomic E-state index is 12.3. The highest BCUT2D eigenvalue weighted by molar-refractivity contribution is 5.85. The van der Waals surface area contributed by atoms with Gasteiger partial charge in [-0.05, 0) is 24.3 Å². The quantitative estimate of drug-likeness (QED) is 0.908. The zero-order valence-corrected chi connectivity index (χ0v) is 13.3. The van der Waals surface area contributed by atoms with E-state index in [9.17, 15) is 4.79 Å². The fourth-order valence-electron chi connectivity index (χ4n) is 2.80. The molecular weight excluding hydrogens is 288 g/mol. The van der Waals surface area contributed by atoms with Crippen molar-refractivity contribution in [2.75, 3.05) is 26.8 Å². The van der Waals surface area contributed by atoms with Gasteiger partial charge in [0.2, 0.25) is 5.91 Å². The second-order valence-electron chi connectivity index (χ2n) is 5.52. The smallest absolute Gasteiger partial charge is 0.224 e. The second-order valence-corrected chi connectivity index (χ2v) is 5.52. The number of benzene rings is 1. The van der Waals surface area contributed by atoms with Gasteiger partial charge in [0.25, 0.3) is 0 Å². The number of likely N-dealkylation sites (tertiary alicyclic amines) is 1. The van der Waals surface area contributed by atoms with Gasteiger partial charge in [0.15, 0.2) is 0 Å². The fourth-order valence-corrected chi connectivity index (χ4v) is 2.80. The predicted molar refractivity (Wildman–Crippen MR) is 86.4 cm³/mol. The van der Waals surface area contributed by atoms with Gasteiger partial charge in [-0.15, -0.1) is 12.4 Å². The fraction of sp³-hybridized carbons (Fsp3) is 0.562. The van der Waals surface area contributed by atoms with Crippen molar-refractivity contribution in [3.8, 4) is 0 Å². The zero-order valence-electron chi connectivity index (χ0n) is 12.5. The highest BCUT2D eigenvalue weighted by Gasteiger charge is 2.24. The molecule has 1 aromatic carbocycles. The summed E-state index contributed by atoms with van der Waals surface area (Å²) in [5.74, 6) is 0.618. The molecule has 1 fully saturated rings. The van der Waals surface area contributed by atoms with Crippen LogP contribution >= 0.6 is 12.4 Å². The maximum Gasteiger partial charge on any atom is 0.224 e. The molecule has 118 valence electrons. The molecule has 1 saturated heterocycles. The van der Waals surface area contributed by atoms with Crippen molar-refractivity contribution < 1.29 is 9.53 Å². The van der Waals surface area contributed by atoms with Gasteiger partial charge in [-0.2, -0.15) is 0 Å². The van der Waals surface area contributed by atoms with Crippen LogP contribution in [0.5, 0.6) is 0 Å². The van der Waals surface area contributed by atoms with E-state index < -0.39 is 0 Å². The molecule has 1 aromatic rings. The molecule has 0 aliphatic carbocycles. The lowest BCUT2D eigenvalue weighted by atomic mass is 9.97. The predicted octanol–water partition coefficient (Wildman–Crippen LogP) is 2.38. The van der Waals surface area contributed by atoms with Crippen molar-refractivity contribution in [3.05, 3.63) is 35.9 Å². The Balaban J connectivity index is 0.00000220. The molecule has 0 saturated carbocycles. The van der Waals surface area contributed by atoms with Gasteiger partial charge in [0.1, 0.15) is 0 Å². The molecule has 2 unspecified atom stereocenters. The minimum atomic E-state index is -0.216. The lowest BCUT2D eigenvalue weighted by Crippen LogP contribution is -2.42. The van der Waals surface area contributed by atoms with Crippen LogP contribution in [-0.2, 0) is 9.53 Å². The summed E-state index contributed by atoms with van der Waals surface area (Å²) in [6.07, 6.45) is 2.58. The van der Waals surface area contributed by atoms with Gasteiger partial charge < -0.3 is 15.4 Å². The van der Waals surface area contributed by atoms with E-state index in [4.69, 9.17) is 10.5 Å². The molecule has 4 nitrogen and oxygen atoms in total. The molecule has 1 aliphatic rings. The maximum absolute atomic E-state index is 12.3. The first-order valence-corrected chi connectivity index (χ1v) is 7.28. The number of rotatable bonds is 5. The third-order valence-electron chi connectivity index (χ3n) is 3.90. The Hall–Kier alpha value is -1.10. The number of amides is 1. The lowest BCUT2D eigenvalue weighted by Gasteiger charge is -2.33. The van der Waals surface area contributed by atoms with Crippen LogP contribution in [-0.4, -0.2) is 37.6 Å². The summed E-state index contributed by atoms with van der Waals surface area (Å²) < 4.78 is 5.20. The molecule has 0 aromatic heterocycles. The van der Waals surface area contributed by atoms with Crippen molar-refractivity contribution in [2.45, 2.75) is 25.3 Å². The molecule has 0 spiro atoms. The van der Waals surface area contributed by atoms with Crippen LogP contribution in [0.2, 0.25) is 0 Å². The van der Waals surface area contributed by atoms with E-state index in [0.29, 0.717) is 12.3 Å². The van der Waals surface area contributed by atoms with Gasteiger partial charge in [0, 0.05) is 32.7 Å². The van der Waals surface area contributed by atoms with Gasteiger partial charge in [0.05, 0.1) is 6.61 Å². The van der Waals surface area contributed by atoms with Crippen molar-refractivity contribution in [1.29, 1.82) is 0 Å². The standard InChI is InChI=1S/C16H24N2O2.ClH/c1-20-12-13-6-5-9-18(11-13)16(19)10-15(17)14-7-3-2-4-8-14;/h2-4,7-8,13,15H,5-6,9-12,17H2,1H3;1H. The zero-order chi connectivity index (χ0) is 14.4. The third kappa shape index (κ3) is 5.30. The summed E-state index contributed by atoms with van der Waals surface area (Å²) in [6.45, 7) is 2.38. The first-order valence-electron chi connectivity index (χ1n) is 7.28. The van der Waals surface area contributed by atoms with Crippen LogP contribution in [0.4, 0.5) is 0 Å². The van der Waals surface area contributed by atoms with Crippen LogP contribution in [0.1, 0.15) is 30.9 Å². The van der Waals surface area contributed by atoms with E-state index in [0.717, 1.165) is 38.1 Å². The Kier molecular flexibility index (Phi) is 7.72. The number of ether oxygens (including phenoxy) is 1. The highest BCUT2D eigenvalue weighted by Crippen LogP contribution is 2.20. The van der Waals surface area contributed by atoms with Crippen molar-refractivity contribution in [1.82, 2.24) is 4.90 Å². The number of nitrogens with zero attached hydrogens (tertiary/aromatic N) is 1. The molecule has 1 amide bonds. The normalized spacial score (nSPS) is 19.7. The number of hydrogen-bond acceptors (Lipinski definition) is 3. The van der Waals surface area contributed by atoms with Gasteiger partial charge in [-0.1, -0.05) is 30.3 Å². The summed E-state index contributed by atoms with van der Waals surface area (Å²) in [4.78, 5) is 14.3. The third-order valence-corrected chi connectivity index (χ3v) is 3.90. The van der Waals surface area contributed by atoms with Crippen LogP contribution in [0.3, 0.4) is 0 Å². The van der Waals surface area contributed by atoms with Crippen molar-refractivity contribution >= 4 is 18.3 Å². The first kappa shape index (κ1) is 18.0. The molecular formula is C16H25ClN2O2. The number of halogens is 1. The van der Waals surface area contributed by atoms with Crippen molar-refractivity contribution in [3.63, 3.8) is 0 Å². The molecule has 0 bridgehead atoms. The Bertz CT molecular complexity index is 426. The van der Waals surface area contributed by atoms with E-state index in [1.165, 1.54) is 0 Å². The van der Waals surface area contributed by atoms with Crippen LogP contribution in [0.25, 0.3) is 0 Å². The van der Waals surface area contributed by atoms with Crippen LogP contribution in [0, 0.1) is 5.92 Å². The minimum Gasteiger partial charge on any atom is -0.384 e. The van der Waals surface area contributed by atoms with Crippen LogP contribution < -0.4 is 5.73 Å². The van der Waals surface area contributed by atoms with Gasteiger partial charge in [-0.25, -0.2) is 0 Å². The average molecular weight is 313 g/mol. The highest BCUT2D eigenvalue weighted by atomic mass is 35.5. The molecule has 2 rings (SSSR count). The Morgan fingerprint density at radius 3 is 2.81 bits per heavy atom. The first-order chi connectivity index (χ1) is 9.70. The number of hydrogen-bond donors (Lipinski definition) is 1. The Labute approximate surface area is 133 Å². The van der Waals surface area contributed by atoms with E-state index in [-0.39, 0.29) is 24.4 Å². The topological polar surface area (TPSA) is 55.6 Å². The van der Waals surface area contributed by atoms with Gasteiger partial charge in [-0.3, -0.25) is 4.79 Å². The number of nitrogens with two attached hydrogens (primary N) is 1. The van der Waals surface area contributed by atoms with E-state index in [2.05, 4.69) is 0 Å². The molecule has 5 heteroatoms. The minimum absolute atomic E-state index is 0. The summed E-state index contributed by atoms with van der Waals surface area (Å²) in [5, 5.41) is 0. The molecule has 21 heavy (non-hydrogen) atoms. The summed E-state index contributed by atoms with van der Waals surface area (Å²) in [6, 6.07) is 9.60.